The Bertz CT molecular complexity index is 645. The summed E-state index contributed by atoms with van der Waals surface area (Å²) in [7, 11) is -3.42. The molecule has 0 fully saturated rings. The van der Waals surface area contributed by atoms with Gasteiger partial charge in [0.25, 0.3) is 5.91 Å². The number of rotatable bonds is 1. The number of anilines is 1. The Morgan fingerprint density at radius 2 is 1.83 bits per heavy atom. The molecular formula is C11H9FN2O3S. The van der Waals surface area contributed by atoms with E-state index in [-0.39, 0.29) is 11.3 Å². The molecular weight excluding hydrogens is 259 g/mol. The molecule has 0 spiro atoms. The number of carbonyl (C=O) groups excluding carboxylic acids is 1. The molecule has 2 N–H and O–H groups in total. The number of amides is 1. The summed E-state index contributed by atoms with van der Waals surface area (Å²) in [6.07, 6.45) is 2.13. The van der Waals surface area contributed by atoms with Crippen LogP contribution in [0.4, 0.5) is 10.1 Å². The second-order valence-corrected chi connectivity index (χ2v) is 5.33. The van der Waals surface area contributed by atoms with E-state index >= 15 is 0 Å². The molecule has 0 aromatic heterocycles. The molecule has 0 saturated heterocycles. The third-order valence-corrected chi connectivity index (χ3v) is 3.28. The summed E-state index contributed by atoms with van der Waals surface area (Å²) >= 11 is 0. The summed E-state index contributed by atoms with van der Waals surface area (Å²) in [6, 6.07) is 3.67. The van der Waals surface area contributed by atoms with E-state index < -0.39 is 21.6 Å². The molecule has 0 bridgehead atoms. The first-order chi connectivity index (χ1) is 8.39. The fourth-order valence-corrected chi connectivity index (χ4v) is 2.07. The SMILES string of the molecule is Nc1ccc(C(=O)N2C=CS(=O)(=O)C=C2)c(F)c1. The highest BCUT2D eigenvalue weighted by Crippen LogP contribution is 2.16. The van der Waals surface area contributed by atoms with Crippen LogP contribution in [0, 0.1) is 5.82 Å². The number of hydrogen-bond acceptors (Lipinski definition) is 4. The number of halogens is 1. The van der Waals surface area contributed by atoms with Gasteiger partial charge < -0.3 is 5.73 Å². The van der Waals surface area contributed by atoms with Gasteiger partial charge in [-0.3, -0.25) is 9.69 Å². The van der Waals surface area contributed by atoms with E-state index in [1.807, 2.05) is 0 Å². The summed E-state index contributed by atoms with van der Waals surface area (Å²) in [5.41, 5.74) is 5.39. The minimum Gasteiger partial charge on any atom is -0.399 e. The van der Waals surface area contributed by atoms with Crippen LogP contribution in [-0.2, 0) is 9.84 Å². The number of nitrogens with two attached hydrogens (primary N) is 1. The number of sulfone groups is 1. The predicted octanol–water partition coefficient (Wildman–Crippen LogP) is 1.22. The van der Waals surface area contributed by atoms with Crippen LogP contribution in [0.1, 0.15) is 10.4 Å². The Morgan fingerprint density at radius 3 is 2.39 bits per heavy atom. The minimum absolute atomic E-state index is 0.183. The zero-order valence-corrected chi connectivity index (χ0v) is 9.89. The van der Waals surface area contributed by atoms with E-state index in [0.717, 1.165) is 34.2 Å². The van der Waals surface area contributed by atoms with Crippen molar-refractivity contribution in [1.82, 2.24) is 4.90 Å². The van der Waals surface area contributed by atoms with E-state index in [0.29, 0.717) is 0 Å². The summed E-state index contributed by atoms with van der Waals surface area (Å²) in [6.45, 7) is 0. The molecule has 1 aliphatic heterocycles. The van der Waals surface area contributed by atoms with Gasteiger partial charge in [-0.05, 0) is 18.2 Å². The van der Waals surface area contributed by atoms with Crippen LogP contribution in [0.25, 0.3) is 0 Å². The second kappa shape index (κ2) is 4.26. The highest BCUT2D eigenvalue weighted by atomic mass is 32.2. The van der Waals surface area contributed by atoms with Crippen molar-refractivity contribution in [2.24, 2.45) is 0 Å². The first kappa shape index (κ1) is 12.3. The molecule has 5 nitrogen and oxygen atoms in total. The van der Waals surface area contributed by atoms with E-state index in [2.05, 4.69) is 0 Å². The van der Waals surface area contributed by atoms with Crippen LogP contribution in [-0.4, -0.2) is 19.2 Å². The maximum absolute atomic E-state index is 13.5. The Kier molecular flexibility index (Phi) is 2.92. The molecule has 7 heteroatoms. The van der Waals surface area contributed by atoms with E-state index in [9.17, 15) is 17.6 Å². The van der Waals surface area contributed by atoms with Crippen LogP contribution >= 0.6 is 0 Å². The van der Waals surface area contributed by atoms with Crippen molar-refractivity contribution in [3.8, 4) is 0 Å². The standard InChI is InChI=1S/C11H9FN2O3S/c12-10-7-8(13)1-2-9(10)11(15)14-3-5-18(16,17)6-4-14/h1-7H,13H2. The Labute approximate surface area is 103 Å². The third-order valence-electron chi connectivity index (χ3n) is 2.28. The maximum atomic E-state index is 13.5. The lowest BCUT2D eigenvalue weighted by atomic mass is 10.1. The zero-order chi connectivity index (χ0) is 13.3. The lowest BCUT2D eigenvalue weighted by Crippen LogP contribution is -2.23. The zero-order valence-electron chi connectivity index (χ0n) is 9.08. The summed E-state index contributed by atoms with van der Waals surface area (Å²) in [5, 5.41) is 1.72. The smallest absolute Gasteiger partial charge is 0.264 e. The van der Waals surface area contributed by atoms with Crippen LogP contribution in [0.3, 0.4) is 0 Å². The quantitative estimate of drug-likeness (QED) is 0.776. The topological polar surface area (TPSA) is 80.5 Å². The Hall–Kier alpha value is -2.15. The molecule has 0 radical (unpaired) electrons. The van der Waals surface area contributed by atoms with Gasteiger partial charge in [0, 0.05) is 18.1 Å². The average molecular weight is 268 g/mol. The molecule has 94 valence electrons. The van der Waals surface area contributed by atoms with Crippen molar-refractivity contribution in [1.29, 1.82) is 0 Å². The summed E-state index contributed by atoms with van der Waals surface area (Å²) < 4.78 is 35.6. The fraction of sp³-hybridized carbons (Fsp3) is 0. The van der Waals surface area contributed by atoms with Crippen LogP contribution < -0.4 is 5.73 Å². The van der Waals surface area contributed by atoms with Crippen LogP contribution in [0.5, 0.6) is 0 Å². The number of nitrogen functional groups attached to an aromatic ring is 1. The molecule has 1 aromatic carbocycles. The molecule has 1 aliphatic rings. The molecule has 1 amide bonds. The molecule has 0 aliphatic carbocycles. The lowest BCUT2D eigenvalue weighted by molar-refractivity contribution is 0.0865. The van der Waals surface area contributed by atoms with Crippen molar-refractivity contribution in [2.45, 2.75) is 0 Å². The highest BCUT2D eigenvalue weighted by Gasteiger charge is 2.19. The van der Waals surface area contributed by atoms with Crippen molar-refractivity contribution in [3.63, 3.8) is 0 Å². The van der Waals surface area contributed by atoms with Crippen LogP contribution in [0.15, 0.2) is 41.4 Å². The average Bonchev–Trinajstić information content (AvgIpc) is 2.28. The molecule has 1 aromatic rings. The number of carbonyl (C=O) groups is 1. The Morgan fingerprint density at radius 1 is 1.22 bits per heavy atom. The monoisotopic (exact) mass is 268 g/mol. The largest absolute Gasteiger partial charge is 0.399 e. The van der Waals surface area contributed by atoms with E-state index in [1.165, 1.54) is 12.1 Å². The molecule has 0 unspecified atom stereocenters. The maximum Gasteiger partial charge on any atom is 0.264 e. The second-order valence-electron chi connectivity index (χ2n) is 3.61. The predicted molar refractivity (Wildman–Crippen MR) is 64.2 cm³/mol. The van der Waals surface area contributed by atoms with Gasteiger partial charge in [0.05, 0.1) is 16.4 Å². The van der Waals surface area contributed by atoms with Crippen molar-refractivity contribution >= 4 is 21.4 Å². The van der Waals surface area contributed by atoms with E-state index in [1.54, 1.807) is 0 Å². The van der Waals surface area contributed by atoms with E-state index in [4.69, 9.17) is 5.73 Å². The first-order valence-electron chi connectivity index (χ1n) is 4.88. The normalized spacial score (nSPS) is 16.8. The number of benzene rings is 1. The third kappa shape index (κ3) is 2.40. The Balaban J connectivity index is 2.31. The summed E-state index contributed by atoms with van der Waals surface area (Å²) in [5.74, 6) is -1.43. The van der Waals surface area contributed by atoms with Gasteiger partial charge in [0.1, 0.15) is 5.82 Å². The summed E-state index contributed by atoms with van der Waals surface area (Å²) in [4.78, 5) is 12.9. The fourth-order valence-electron chi connectivity index (χ4n) is 1.38. The number of nitrogens with zero attached hydrogens (tertiary/aromatic N) is 1. The van der Waals surface area contributed by atoms with Crippen molar-refractivity contribution in [2.75, 3.05) is 5.73 Å². The molecule has 1 heterocycles. The minimum atomic E-state index is -3.42. The highest BCUT2D eigenvalue weighted by molar-refractivity contribution is 7.97. The van der Waals surface area contributed by atoms with Gasteiger partial charge in [-0.25, -0.2) is 12.8 Å². The van der Waals surface area contributed by atoms with Gasteiger partial charge in [0.2, 0.25) is 0 Å². The van der Waals surface area contributed by atoms with Gasteiger partial charge in [-0.2, -0.15) is 0 Å². The van der Waals surface area contributed by atoms with Gasteiger partial charge in [-0.1, -0.05) is 0 Å². The molecule has 2 rings (SSSR count). The van der Waals surface area contributed by atoms with Gasteiger partial charge in [-0.15, -0.1) is 0 Å². The molecule has 0 saturated carbocycles. The van der Waals surface area contributed by atoms with Gasteiger partial charge >= 0.3 is 0 Å². The lowest BCUT2D eigenvalue weighted by Gasteiger charge is -2.16. The van der Waals surface area contributed by atoms with Gasteiger partial charge in [0.15, 0.2) is 9.84 Å². The van der Waals surface area contributed by atoms with Crippen molar-refractivity contribution in [3.05, 3.63) is 52.8 Å². The first-order valence-corrected chi connectivity index (χ1v) is 6.49. The van der Waals surface area contributed by atoms with Crippen LogP contribution in [0.2, 0.25) is 0 Å². The van der Waals surface area contributed by atoms with Crippen molar-refractivity contribution < 1.29 is 17.6 Å². The molecule has 18 heavy (non-hydrogen) atoms. The number of hydrogen-bond donors (Lipinski definition) is 1. The molecule has 0 atom stereocenters.